The van der Waals surface area contributed by atoms with E-state index >= 15 is 0 Å². The summed E-state index contributed by atoms with van der Waals surface area (Å²) in [5.74, 6) is -0.779. The zero-order chi connectivity index (χ0) is 22.2. The maximum absolute atomic E-state index is 13.3. The Kier molecular flexibility index (Phi) is 5.72. The summed E-state index contributed by atoms with van der Waals surface area (Å²) in [6, 6.07) is 8.67. The molecule has 0 saturated heterocycles. The number of hydrogen-bond donors (Lipinski definition) is 2. The standard InChI is InChI=1S/C22H21F3N2O3/c1-12-6-13(2)8-16(7-12)27-19-9-15(22(23,24)25)4-5-18(19)20(21(27)30)14(3)26-10-17(29)11-28/h4-9,28,30H,10-11H2,1-3H3. The molecule has 0 saturated carbocycles. The van der Waals surface area contributed by atoms with Crippen molar-refractivity contribution in [2.75, 3.05) is 13.2 Å². The first-order valence-electron chi connectivity index (χ1n) is 9.20. The number of aromatic hydroxyl groups is 1. The number of benzene rings is 2. The maximum Gasteiger partial charge on any atom is 0.416 e. The van der Waals surface area contributed by atoms with Gasteiger partial charge in [0.2, 0.25) is 5.88 Å². The van der Waals surface area contributed by atoms with Crippen molar-refractivity contribution in [1.82, 2.24) is 4.57 Å². The van der Waals surface area contributed by atoms with Gasteiger partial charge in [-0.2, -0.15) is 13.2 Å². The highest BCUT2D eigenvalue weighted by molar-refractivity contribution is 6.13. The van der Waals surface area contributed by atoms with Gasteiger partial charge in [0.1, 0.15) is 13.2 Å². The van der Waals surface area contributed by atoms with E-state index in [4.69, 9.17) is 5.11 Å². The Morgan fingerprint density at radius 3 is 2.30 bits per heavy atom. The predicted octanol–water partition coefficient (Wildman–Crippen LogP) is 4.34. The highest BCUT2D eigenvalue weighted by Gasteiger charge is 2.32. The Hall–Kier alpha value is -3.13. The summed E-state index contributed by atoms with van der Waals surface area (Å²) in [6.45, 7) is 4.31. The first-order valence-corrected chi connectivity index (χ1v) is 9.20. The number of hydrogen-bond acceptors (Lipinski definition) is 4. The Labute approximate surface area is 171 Å². The van der Waals surface area contributed by atoms with Crippen molar-refractivity contribution in [3.8, 4) is 11.6 Å². The number of aryl methyl sites for hydroxylation is 2. The number of aliphatic imine (C=N–C) groups is 1. The van der Waals surface area contributed by atoms with Gasteiger partial charge in [-0.1, -0.05) is 12.1 Å². The Morgan fingerprint density at radius 1 is 1.10 bits per heavy atom. The minimum absolute atomic E-state index is 0.172. The average molecular weight is 418 g/mol. The molecule has 0 unspecified atom stereocenters. The van der Waals surface area contributed by atoms with Crippen molar-refractivity contribution in [3.05, 3.63) is 58.7 Å². The average Bonchev–Trinajstić information content (AvgIpc) is 2.95. The van der Waals surface area contributed by atoms with Crippen LogP contribution in [0.2, 0.25) is 0 Å². The largest absolute Gasteiger partial charge is 0.494 e. The molecule has 0 atom stereocenters. The number of aliphatic hydroxyl groups excluding tert-OH is 1. The van der Waals surface area contributed by atoms with Gasteiger partial charge in [-0.25, -0.2) is 0 Å². The lowest BCUT2D eigenvalue weighted by atomic mass is 10.1. The number of alkyl halides is 3. The van der Waals surface area contributed by atoms with Gasteiger partial charge in [0, 0.05) is 16.8 Å². The van der Waals surface area contributed by atoms with Crippen molar-refractivity contribution in [3.63, 3.8) is 0 Å². The van der Waals surface area contributed by atoms with E-state index in [0.29, 0.717) is 11.1 Å². The lowest BCUT2D eigenvalue weighted by Gasteiger charge is -2.11. The molecule has 1 aromatic heterocycles. The van der Waals surface area contributed by atoms with E-state index < -0.39 is 24.1 Å². The molecule has 0 aliphatic carbocycles. The number of carbonyl (C=O) groups excluding carboxylic acids is 1. The SMILES string of the molecule is CC(=NCC(=O)CO)c1c(O)n(-c2cc(C)cc(C)c2)c2cc(C(F)(F)F)ccc12. The maximum atomic E-state index is 13.3. The normalized spacial score (nSPS) is 12.6. The molecular formula is C22H21F3N2O3. The van der Waals surface area contributed by atoms with Crippen LogP contribution >= 0.6 is 0 Å². The van der Waals surface area contributed by atoms with Crippen LogP contribution in [0.4, 0.5) is 13.2 Å². The summed E-state index contributed by atoms with van der Waals surface area (Å²) < 4.78 is 41.4. The number of fused-ring (bicyclic) bond motifs is 1. The second-order valence-electron chi connectivity index (χ2n) is 7.21. The summed E-state index contributed by atoms with van der Waals surface area (Å²) in [5, 5.41) is 20.3. The highest BCUT2D eigenvalue weighted by atomic mass is 19.4. The summed E-state index contributed by atoms with van der Waals surface area (Å²) in [4.78, 5) is 15.5. The van der Waals surface area contributed by atoms with Crippen molar-refractivity contribution in [2.24, 2.45) is 4.99 Å². The zero-order valence-corrected chi connectivity index (χ0v) is 16.7. The molecule has 2 N–H and O–H groups in total. The minimum atomic E-state index is -4.54. The molecule has 0 radical (unpaired) electrons. The minimum Gasteiger partial charge on any atom is -0.494 e. The fraction of sp³-hybridized carbons (Fsp3) is 0.273. The molecule has 3 aromatic rings. The molecule has 0 amide bonds. The molecule has 8 heteroatoms. The topological polar surface area (TPSA) is 74.8 Å². The lowest BCUT2D eigenvalue weighted by Crippen LogP contribution is -2.09. The Bertz CT molecular complexity index is 1140. The van der Waals surface area contributed by atoms with Gasteiger partial charge in [0.15, 0.2) is 5.78 Å². The third-order valence-corrected chi connectivity index (χ3v) is 4.77. The molecular weight excluding hydrogens is 397 g/mol. The fourth-order valence-electron chi connectivity index (χ4n) is 3.48. The number of aliphatic hydroxyl groups is 1. The Balaban J connectivity index is 2.33. The molecule has 0 fully saturated rings. The highest BCUT2D eigenvalue weighted by Crippen LogP contribution is 2.39. The van der Waals surface area contributed by atoms with Gasteiger partial charge in [0.25, 0.3) is 0 Å². The number of ketones is 1. The quantitative estimate of drug-likeness (QED) is 0.606. The third kappa shape index (κ3) is 4.09. The second kappa shape index (κ2) is 7.95. The van der Waals surface area contributed by atoms with E-state index in [1.165, 1.54) is 10.6 Å². The van der Waals surface area contributed by atoms with E-state index in [1.807, 2.05) is 19.9 Å². The van der Waals surface area contributed by atoms with Crippen LogP contribution < -0.4 is 0 Å². The van der Waals surface area contributed by atoms with Gasteiger partial charge in [-0.3, -0.25) is 14.4 Å². The molecule has 0 aliphatic heterocycles. The molecule has 3 rings (SSSR count). The van der Waals surface area contributed by atoms with Gasteiger partial charge in [-0.05, 0) is 56.2 Å². The molecule has 0 spiro atoms. The molecule has 0 aliphatic rings. The molecule has 5 nitrogen and oxygen atoms in total. The van der Waals surface area contributed by atoms with Crippen molar-refractivity contribution >= 4 is 22.4 Å². The molecule has 1 heterocycles. The van der Waals surface area contributed by atoms with Crippen LogP contribution in [0.15, 0.2) is 41.4 Å². The van der Waals surface area contributed by atoms with Gasteiger partial charge in [0.05, 0.1) is 16.6 Å². The summed E-state index contributed by atoms with van der Waals surface area (Å²) >= 11 is 0. The fourth-order valence-corrected chi connectivity index (χ4v) is 3.48. The number of aromatic nitrogens is 1. The van der Waals surface area contributed by atoms with E-state index in [9.17, 15) is 23.1 Å². The summed E-state index contributed by atoms with van der Waals surface area (Å²) in [6.07, 6.45) is -4.54. The van der Waals surface area contributed by atoms with Crippen LogP contribution in [0, 0.1) is 13.8 Å². The monoisotopic (exact) mass is 418 g/mol. The summed E-state index contributed by atoms with van der Waals surface area (Å²) in [7, 11) is 0. The molecule has 158 valence electrons. The van der Waals surface area contributed by atoms with Crippen LogP contribution in [-0.4, -0.2) is 39.4 Å². The third-order valence-electron chi connectivity index (χ3n) is 4.77. The second-order valence-corrected chi connectivity index (χ2v) is 7.21. The number of nitrogens with zero attached hydrogens (tertiary/aromatic N) is 2. The van der Waals surface area contributed by atoms with Gasteiger partial charge >= 0.3 is 6.18 Å². The van der Waals surface area contributed by atoms with E-state index in [-0.39, 0.29) is 29.2 Å². The van der Waals surface area contributed by atoms with Gasteiger partial charge < -0.3 is 10.2 Å². The number of rotatable bonds is 5. The molecule has 2 aromatic carbocycles. The first kappa shape index (κ1) is 21.6. The number of Topliss-reactive ketones (excluding diaryl/α,β-unsaturated/α-hetero) is 1. The first-order chi connectivity index (χ1) is 14.0. The molecule has 30 heavy (non-hydrogen) atoms. The number of carbonyl (C=O) groups is 1. The zero-order valence-electron chi connectivity index (χ0n) is 16.7. The smallest absolute Gasteiger partial charge is 0.416 e. The van der Waals surface area contributed by atoms with E-state index in [0.717, 1.165) is 23.3 Å². The van der Waals surface area contributed by atoms with E-state index in [2.05, 4.69) is 4.99 Å². The lowest BCUT2D eigenvalue weighted by molar-refractivity contribution is -0.137. The van der Waals surface area contributed by atoms with Crippen LogP contribution in [0.25, 0.3) is 16.6 Å². The predicted molar refractivity (Wildman–Crippen MR) is 109 cm³/mol. The summed E-state index contributed by atoms with van der Waals surface area (Å²) in [5.41, 5.74) is 2.14. The van der Waals surface area contributed by atoms with Crippen LogP contribution in [0.1, 0.15) is 29.2 Å². The van der Waals surface area contributed by atoms with Crippen LogP contribution in [0.5, 0.6) is 5.88 Å². The van der Waals surface area contributed by atoms with Crippen LogP contribution in [0.3, 0.4) is 0 Å². The molecule has 0 bridgehead atoms. The van der Waals surface area contributed by atoms with Crippen molar-refractivity contribution in [1.29, 1.82) is 0 Å². The van der Waals surface area contributed by atoms with Gasteiger partial charge in [-0.15, -0.1) is 0 Å². The Morgan fingerprint density at radius 2 is 1.73 bits per heavy atom. The van der Waals surface area contributed by atoms with E-state index in [1.54, 1.807) is 19.1 Å². The van der Waals surface area contributed by atoms with Crippen LogP contribution in [-0.2, 0) is 11.0 Å². The van der Waals surface area contributed by atoms with Crippen molar-refractivity contribution < 1.29 is 28.2 Å². The van der Waals surface area contributed by atoms with Crippen molar-refractivity contribution in [2.45, 2.75) is 26.9 Å². The number of halogens is 3.